The highest BCUT2D eigenvalue weighted by atomic mass is 16.7. The summed E-state index contributed by atoms with van der Waals surface area (Å²) in [5, 5.41) is 26.8. The van der Waals surface area contributed by atoms with Crippen LogP contribution in [0.4, 0.5) is 0 Å². The van der Waals surface area contributed by atoms with Crippen LogP contribution in [0, 0.1) is 0 Å². The van der Waals surface area contributed by atoms with Crippen LogP contribution in [-0.2, 0) is 9.47 Å². The van der Waals surface area contributed by atoms with Crippen LogP contribution in [0.25, 0.3) is 0 Å². The summed E-state index contributed by atoms with van der Waals surface area (Å²) < 4.78 is 9.56. The van der Waals surface area contributed by atoms with E-state index >= 15 is 0 Å². The number of aliphatic hydroxyl groups excluding tert-OH is 3. The summed E-state index contributed by atoms with van der Waals surface area (Å²) in [5.41, 5.74) is 0. The zero-order chi connectivity index (χ0) is 8.43. The summed E-state index contributed by atoms with van der Waals surface area (Å²) in [6.07, 6.45) is -3.60. The Bertz CT molecular complexity index is 128. The van der Waals surface area contributed by atoms with Crippen molar-refractivity contribution in [2.45, 2.75) is 24.6 Å². The largest absolute Gasteiger partial charge is 0.394 e. The molecule has 0 aromatic carbocycles. The highest BCUT2D eigenvalue weighted by Crippen LogP contribution is 2.21. The van der Waals surface area contributed by atoms with Crippen molar-refractivity contribution < 1.29 is 24.8 Å². The van der Waals surface area contributed by atoms with E-state index in [1.54, 1.807) is 0 Å². The predicted octanol–water partition coefficient (Wildman–Crippen LogP) is -1.93. The minimum Gasteiger partial charge on any atom is -0.394 e. The summed E-state index contributed by atoms with van der Waals surface area (Å²) >= 11 is 0. The number of hydrogen-bond acceptors (Lipinski definition) is 5. The van der Waals surface area contributed by atoms with Crippen LogP contribution < -0.4 is 0 Å². The van der Waals surface area contributed by atoms with Gasteiger partial charge in [0.2, 0.25) is 0 Å². The number of aliphatic hydroxyl groups is 3. The first kappa shape index (κ1) is 8.89. The molecule has 66 valence electrons. The molecule has 1 saturated heterocycles. The van der Waals surface area contributed by atoms with Crippen LogP contribution in [0.1, 0.15) is 0 Å². The molecule has 4 atom stereocenters. The third-order valence-electron chi connectivity index (χ3n) is 1.76. The molecule has 0 unspecified atom stereocenters. The van der Waals surface area contributed by atoms with Gasteiger partial charge < -0.3 is 24.8 Å². The second-order valence-corrected chi connectivity index (χ2v) is 2.44. The molecule has 0 saturated carbocycles. The Kier molecular flexibility index (Phi) is 2.80. The summed E-state index contributed by atoms with van der Waals surface area (Å²) in [6.45, 7) is -0.271. The molecule has 0 aromatic heterocycles. The Hall–Kier alpha value is -0.200. The van der Waals surface area contributed by atoms with E-state index in [-0.39, 0.29) is 6.61 Å². The minimum absolute atomic E-state index is 0.271. The lowest BCUT2D eigenvalue weighted by Crippen LogP contribution is -2.35. The second kappa shape index (κ2) is 3.46. The van der Waals surface area contributed by atoms with E-state index in [2.05, 4.69) is 0 Å². The first-order valence-electron chi connectivity index (χ1n) is 3.36. The van der Waals surface area contributed by atoms with Gasteiger partial charge in [-0.1, -0.05) is 0 Å². The van der Waals surface area contributed by atoms with Gasteiger partial charge in [0.05, 0.1) is 6.61 Å². The molecule has 5 heteroatoms. The molecular formula is C6H12O5. The first-order valence-corrected chi connectivity index (χ1v) is 3.36. The fraction of sp³-hybridized carbons (Fsp3) is 1.00. The second-order valence-electron chi connectivity index (χ2n) is 2.44. The fourth-order valence-electron chi connectivity index (χ4n) is 1.16. The monoisotopic (exact) mass is 164 g/mol. The number of hydrogen-bond donors (Lipinski definition) is 3. The summed E-state index contributed by atoms with van der Waals surface area (Å²) in [6, 6.07) is 0. The topological polar surface area (TPSA) is 79.2 Å². The van der Waals surface area contributed by atoms with Crippen molar-refractivity contribution in [3.63, 3.8) is 0 Å². The molecule has 0 bridgehead atoms. The van der Waals surface area contributed by atoms with E-state index in [1.165, 1.54) is 7.11 Å². The maximum Gasteiger partial charge on any atom is 0.184 e. The lowest BCUT2D eigenvalue weighted by atomic mass is 10.1. The lowest BCUT2D eigenvalue weighted by Gasteiger charge is -2.15. The van der Waals surface area contributed by atoms with Crippen molar-refractivity contribution in [2.75, 3.05) is 13.7 Å². The maximum absolute atomic E-state index is 9.15. The summed E-state index contributed by atoms with van der Waals surface area (Å²) in [5.74, 6) is 0. The average Bonchev–Trinajstić information content (AvgIpc) is 2.28. The van der Waals surface area contributed by atoms with E-state index in [4.69, 9.17) is 24.8 Å². The quantitative estimate of drug-likeness (QED) is 0.443. The Morgan fingerprint density at radius 1 is 1.45 bits per heavy atom. The van der Waals surface area contributed by atoms with Crippen molar-refractivity contribution in [2.24, 2.45) is 0 Å². The van der Waals surface area contributed by atoms with E-state index in [1.807, 2.05) is 0 Å². The number of ether oxygens (including phenoxy) is 2. The van der Waals surface area contributed by atoms with Gasteiger partial charge >= 0.3 is 0 Å². The first-order chi connectivity index (χ1) is 5.20. The highest BCUT2D eigenvalue weighted by Gasteiger charge is 2.42. The van der Waals surface area contributed by atoms with Gasteiger partial charge in [-0.25, -0.2) is 0 Å². The molecular weight excluding hydrogens is 152 g/mol. The molecule has 0 aliphatic carbocycles. The van der Waals surface area contributed by atoms with Gasteiger partial charge in [0.15, 0.2) is 6.29 Å². The van der Waals surface area contributed by atoms with Crippen LogP contribution in [-0.4, -0.2) is 53.6 Å². The molecule has 11 heavy (non-hydrogen) atoms. The zero-order valence-corrected chi connectivity index (χ0v) is 6.17. The van der Waals surface area contributed by atoms with Crippen LogP contribution in [0.15, 0.2) is 0 Å². The van der Waals surface area contributed by atoms with Crippen molar-refractivity contribution >= 4 is 0 Å². The predicted molar refractivity (Wildman–Crippen MR) is 34.8 cm³/mol. The van der Waals surface area contributed by atoms with Gasteiger partial charge in [0, 0.05) is 7.11 Å². The summed E-state index contributed by atoms with van der Waals surface area (Å²) in [4.78, 5) is 0. The molecule has 0 radical (unpaired) electrons. The van der Waals surface area contributed by atoms with Crippen LogP contribution in [0.3, 0.4) is 0 Å². The molecule has 1 fully saturated rings. The molecule has 1 rings (SSSR count). The van der Waals surface area contributed by atoms with Gasteiger partial charge in [-0.3, -0.25) is 0 Å². The fourth-order valence-corrected chi connectivity index (χ4v) is 1.16. The number of methoxy groups -OCH3 is 1. The smallest absolute Gasteiger partial charge is 0.184 e. The standard InChI is InChI=1S/C6H12O5/c1-10-5-3(2-7)11-6(9)4(5)8/h3-9H,2H2,1H3/t3-,4-,5+,6-/m1/s1. The average molecular weight is 164 g/mol. The van der Waals surface area contributed by atoms with E-state index in [0.29, 0.717) is 0 Å². The molecule has 1 aliphatic heterocycles. The maximum atomic E-state index is 9.15. The van der Waals surface area contributed by atoms with Gasteiger partial charge in [0.25, 0.3) is 0 Å². The lowest BCUT2D eigenvalue weighted by molar-refractivity contribution is -0.132. The SMILES string of the molecule is CO[C@@H]1[C@@H](O)[C@H](O)O[C@@H]1CO. The van der Waals surface area contributed by atoms with E-state index < -0.39 is 24.6 Å². The Morgan fingerprint density at radius 3 is 2.45 bits per heavy atom. The minimum atomic E-state index is -1.25. The van der Waals surface area contributed by atoms with Crippen LogP contribution in [0.2, 0.25) is 0 Å². The zero-order valence-electron chi connectivity index (χ0n) is 6.17. The van der Waals surface area contributed by atoms with Gasteiger partial charge in [0.1, 0.15) is 18.3 Å². The van der Waals surface area contributed by atoms with E-state index in [0.717, 1.165) is 0 Å². The highest BCUT2D eigenvalue weighted by molar-refractivity contribution is 4.86. The third kappa shape index (κ3) is 1.52. The van der Waals surface area contributed by atoms with E-state index in [9.17, 15) is 0 Å². The van der Waals surface area contributed by atoms with Gasteiger partial charge in [-0.15, -0.1) is 0 Å². The normalized spacial score (nSPS) is 44.7. The molecule has 5 nitrogen and oxygen atoms in total. The van der Waals surface area contributed by atoms with Crippen molar-refractivity contribution in [1.29, 1.82) is 0 Å². The van der Waals surface area contributed by atoms with Crippen molar-refractivity contribution in [1.82, 2.24) is 0 Å². The van der Waals surface area contributed by atoms with Crippen molar-refractivity contribution in [3.05, 3.63) is 0 Å². The molecule has 1 heterocycles. The molecule has 0 amide bonds. The van der Waals surface area contributed by atoms with Crippen LogP contribution in [0.5, 0.6) is 0 Å². The van der Waals surface area contributed by atoms with Crippen molar-refractivity contribution in [3.8, 4) is 0 Å². The van der Waals surface area contributed by atoms with Gasteiger partial charge in [-0.2, -0.15) is 0 Å². The molecule has 1 aliphatic rings. The Balaban J connectivity index is 2.57. The molecule has 0 aromatic rings. The Labute approximate surface area is 64.2 Å². The summed E-state index contributed by atoms with van der Waals surface area (Å²) in [7, 11) is 1.39. The number of rotatable bonds is 2. The molecule has 0 spiro atoms. The van der Waals surface area contributed by atoms with Gasteiger partial charge in [-0.05, 0) is 0 Å². The molecule has 3 N–H and O–H groups in total. The van der Waals surface area contributed by atoms with Crippen LogP contribution >= 0.6 is 0 Å². The third-order valence-corrected chi connectivity index (χ3v) is 1.76. The Morgan fingerprint density at radius 2 is 2.09 bits per heavy atom.